The van der Waals surface area contributed by atoms with Crippen molar-refractivity contribution in [1.82, 2.24) is 15.1 Å². The van der Waals surface area contributed by atoms with Crippen molar-refractivity contribution in [2.24, 2.45) is 5.92 Å². The Morgan fingerprint density at radius 3 is 2.70 bits per heavy atom. The summed E-state index contributed by atoms with van der Waals surface area (Å²) in [6.07, 6.45) is 2.96. The summed E-state index contributed by atoms with van der Waals surface area (Å²) in [7, 11) is 1.64. The van der Waals surface area contributed by atoms with Crippen molar-refractivity contribution in [2.45, 2.75) is 25.7 Å². The number of hydrogen-bond donors (Lipinski definition) is 1. The largest absolute Gasteiger partial charge is 0.497 e. The number of aromatic amines is 1. The molecule has 27 heavy (non-hydrogen) atoms. The van der Waals surface area contributed by atoms with Crippen LogP contribution < -0.4 is 15.0 Å². The van der Waals surface area contributed by atoms with Crippen molar-refractivity contribution in [3.63, 3.8) is 0 Å². The maximum absolute atomic E-state index is 12.5. The number of likely N-dealkylation sites (tertiary alicyclic amines) is 1. The lowest BCUT2D eigenvalue weighted by atomic mass is 9.98. The molecular weight excluding hydrogens is 346 g/mol. The van der Waals surface area contributed by atoms with Gasteiger partial charge in [-0.1, -0.05) is 0 Å². The summed E-state index contributed by atoms with van der Waals surface area (Å²) in [6.45, 7) is 2.10. The lowest BCUT2D eigenvalue weighted by molar-refractivity contribution is -0.133. The first kappa shape index (κ1) is 18.9. The molecule has 1 amide bonds. The third-order valence-electron chi connectivity index (χ3n) is 4.75. The summed E-state index contributed by atoms with van der Waals surface area (Å²) in [5.74, 6) is 2.06. The molecule has 1 aromatic carbocycles. The van der Waals surface area contributed by atoms with Crippen LogP contribution in [0, 0.1) is 5.92 Å². The van der Waals surface area contributed by atoms with Gasteiger partial charge in [0.05, 0.1) is 19.4 Å². The van der Waals surface area contributed by atoms with Gasteiger partial charge in [0.2, 0.25) is 5.91 Å². The quantitative estimate of drug-likeness (QED) is 0.805. The Morgan fingerprint density at radius 2 is 2.00 bits per heavy atom. The minimum atomic E-state index is -0.235. The summed E-state index contributed by atoms with van der Waals surface area (Å²) < 4.78 is 11.0. The molecule has 1 saturated heterocycles. The van der Waals surface area contributed by atoms with Gasteiger partial charge in [-0.3, -0.25) is 9.59 Å². The van der Waals surface area contributed by atoms with Gasteiger partial charge in [0.1, 0.15) is 11.5 Å². The molecule has 1 aliphatic heterocycles. The number of hydrogen-bond acceptors (Lipinski definition) is 5. The molecule has 1 aliphatic rings. The third-order valence-corrected chi connectivity index (χ3v) is 4.75. The van der Waals surface area contributed by atoms with E-state index in [0.717, 1.165) is 36.6 Å². The molecule has 2 heterocycles. The number of methoxy groups -OCH3 is 1. The monoisotopic (exact) mass is 371 g/mol. The zero-order valence-corrected chi connectivity index (χ0v) is 15.5. The number of piperidine rings is 1. The predicted octanol–water partition coefficient (Wildman–Crippen LogP) is 2.03. The molecule has 3 rings (SSSR count). The summed E-state index contributed by atoms with van der Waals surface area (Å²) in [5.41, 5.74) is 0.486. The molecule has 144 valence electrons. The smallest absolute Gasteiger partial charge is 0.264 e. The molecule has 2 aromatic rings. The fourth-order valence-electron chi connectivity index (χ4n) is 3.22. The van der Waals surface area contributed by atoms with Crippen LogP contribution in [-0.4, -0.2) is 47.8 Å². The van der Waals surface area contributed by atoms with Gasteiger partial charge in [-0.05, 0) is 43.2 Å². The first-order valence-corrected chi connectivity index (χ1v) is 9.23. The van der Waals surface area contributed by atoms with Crippen LogP contribution in [0.25, 0.3) is 0 Å². The van der Waals surface area contributed by atoms with Crippen molar-refractivity contribution in [3.8, 4) is 11.5 Å². The number of nitrogens with zero attached hydrogens (tertiary/aromatic N) is 2. The number of carbonyl (C=O) groups is 1. The first-order valence-electron chi connectivity index (χ1n) is 9.23. The molecule has 7 heteroatoms. The van der Waals surface area contributed by atoms with Crippen molar-refractivity contribution in [3.05, 3.63) is 52.4 Å². The fraction of sp³-hybridized carbons (Fsp3) is 0.450. The van der Waals surface area contributed by atoms with E-state index in [4.69, 9.17) is 9.47 Å². The van der Waals surface area contributed by atoms with Gasteiger partial charge in [0.15, 0.2) is 0 Å². The highest BCUT2D eigenvalue weighted by Gasteiger charge is 2.24. The zero-order valence-electron chi connectivity index (χ0n) is 15.5. The average Bonchev–Trinajstić information content (AvgIpc) is 2.72. The van der Waals surface area contributed by atoms with Crippen molar-refractivity contribution >= 4 is 5.91 Å². The van der Waals surface area contributed by atoms with Gasteiger partial charge in [-0.25, -0.2) is 5.10 Å². The van der Waals surface area contributed by atoms with Crippen LogP contribution in [0.5, 0.6) is 11.5 Å². The number of aryl methyl sites for hydroxylation is 1. The molecule has 0 radical (unpaired) electrons. The second-order valence-corrected chi connectivity index (χ2v) is 6.75. The molecule has 1 fully saturated rings. The van der Waals surface area contributed by atoms with Crippen LogP contribution >= 0.6 is 0 Å². The molecule has 1 N–H and O–H groups in total. The van der Waals surface area contributed by atoms with Gasteiger partial charge in [-0.15, -0.1) is 0 Å². The normalized spacial score (nSPS) is 16.8. The molecule has 1 aromatic heterocycles. The number of benzene rings is 1. The average molecular weight is 371 g/mol. The highest BCUT2D eigenvalue weighted by Crippen LogP contribution is 2.21. The molecule has 0 spiro atoms. The SMILES string of the molecule is COc1ccc(OC[C@H]2CCCN(C(=O)CCc3ccc(=O)[nH]n3)C2)cc1. The van der Waals surface area contributed by atoms with Gasteiger partial charge in [0.25, 0.3) is 5.56 Å². The lowest BCUT2D eigenvalue weighted by Gasteiger charge is -2.32. The maximum atomic E-state index is 12.5. The Bertz CT molecular complexity index is 783. The van der Waals surface area contributed by atoms with E-state index in [1.54, 1.807) is 13.2 Å². The Hall–Kier alpha value is -2.83. The second kappa shape index (κ2) is 9.21. The van der Waals surface area contributed by atoms with E-state index < -0.39 is 0 Å². The van der Waals surface area contributed by atoms with Crippen LogP contribution in [0.3, 0.4) is 0 Å². The number of H-pyrrole nitrogens is 1. The molecule has 1 atom stereocenters. The Morgan fingerprint density at radius 1 is 1.22 bits per heavy atom. The molecule has 0 unspecified atom stereocenters. The van der Waals surface area contributed by atoms with E-state index >= 15 is 0 Å². The Balaban J connectivity index is 1.45. The topological polar surface area (TPSA) is 84.5 Å². The van der Waals surface area contributed by atoms with Crippen LogP contribution in [0.2, 0.25) is 0 Å². The number of carbonyl (C=O) groups excluding carboxylic acids is 1. The molecule has 0 saturated carbocycles. The summed E-state index contributed by atoms with van der Waals surface area (Å²) in [5, 5.41) is 6.34. The van der Waals surface area contributed by atoms with E-state index in [2.05, 4.69) is 10.2 Å². The number of rotatable bonds is 7. The highest BCUT2D eigenvalue weighted by molar-refractivity contribution is 5.76. The predicted molar refractivity (Wildman–Crippen MR) is 101 cm³/mol. The van der Waals surface area contributed by atoms with E-state index in [9.17, 15) is 9.59 Å². The van der Waals surface area contributed by atoms with E-state index in [0.29, 0.717) is 31.9 Å². The van der Waals surface area contributed by atoms with Crippen LogP contribution in [0.1, 0.15) is 25.0 Å². The molecule has 0 aliphatic carbocycles. The lowest BCUT2D eigenvalue weighted by Crippen LogP contribution is -2.41. The van der Waals surface area contributed by atoms with Crippen molar-refractivity contribution in [1.29, 1.82) is 0 Å². The summed E-state index contributed by atoms with van der Waals surface area (Å²) >= 11 is 0. The highest BCUT2D eigenvalue weighted by atomic mass is 16.5. The van der Waals surface area contributed by atoms with E-state index in [-0.39, 0.29) is 11.5 Å². The van der Waals surface area contributed by atoms with Crippen LogP contribution in [0.4, 0.5) is 0 Å². The van der Waals surface area contributed by atoms with Crippen molar-refractivity contribution in [2.75, 3.05) is 26.8 Å². The zero-order chi connectivity index (χ0) is 19.1. The number of nitrogens with one attached hydrogen (secondary N) is 1. The Labute approximate surface area is 158 Å². The van der Waals surface area contributed by atoms with Crippen LogP contribution in [0.15, 0.2) is 41.2 Å². The third kappa shape index (κ3) is 5.57. The van der Waals surface area contributed by atoms with Crippen molar-refractivity contribution < 1.29 is 14.3 Å². The minimum absolute atomic E-state index is 0.122. The number of aromatic nitrogens is 2. The molecule has 0 bridgehead atoms. The molecule has 7 nitrogen and oxygen atoms in total. The minimum Gasteiger partial charge on any atom is -0.497 e. The number of amides is 1. The summed E-state index contributed by atoms with van der Waals surface area (Å²) in [6, 6.07) is 10.6. The second-order valence-electron chi connectivity index (χ2n) is 6.75. The molecular formula is C20H25N3O4. The van der Waals surface area contributed by atoms with Crippen LogP contribution in [-0.2, 0) is 11.2 Å². The van der Waals surface area contributed by atoms with Gasteiger partial charge in [0, 0.05) is 37.9 Å². The fourth-order valence-corrected chi connectivity index (χ4v) is 3.22. The van der Waals surface area contributed by atoms with E-state index in [1.807, 2.05) is 29.2 Å². The maximum Gasteiger partial charge on any atom is 0.264 e. The summed E-state index contributed by atoms with van der Waals surface area (Å²) in [4.78, 5) is 25.4. The first-order chi connectivity index (χ1) is 13.1. The Kier molecular flexibility index (Phi) is 6.46. The number of ether oxygens (including phenoxy) is 2. The van der Waals surface area contributed by atoms with Gasteiger partial charge in [-0.2, -0.15) is 5.10 Å². The van der Waals surface area contributed by atoms with Gasteiger partial charge < -0.3 is 14.4 Å². The standard InChI is InChI=1S/C20H25N3O4/c1-26-17-6-8-18(9-7-17)27-14-15-3-2-12-23(13-15)20(25)11-5-16-4-10-19(24)22-21-16/h4,6-10,15H,2-3,5,11-14H2,1H3,(H,22,24)/t15-/m0/s1. The van der Waals surface area contributed by atoms with E-state index in [1.165, 1.54) is 6.07 Å². The van der Waals surface area contributed by atoms with Gasteiger partial charge >= 0.3 is 0 Å².